The molecule has 0 rings (SSSR count). The predicted octanol–water partition coefficient (Wildman–Crippen LogP) is 1.18. The van der Waals surface area contributed by atoms with Crippen LogP contribution in [0.15, 0.2) is 0 Å². The number of carbonyl (C=O) groups excluding carboxylic acids is 1. The van der Waals surface area contributed by atoms with Crippen LogP contribution in [0.3, 0.4) is 0 Å². The minimum absolute atomic E-state index is 0.220. The first kappa shape index (κ1) is 13.2. The van der Waals surface area contributed by atoms with Gasteiger partial charge in [0, 0.05) is 6.42 Å². The SMILES string of the molecule is COC(=O)CC[C@H](O)C#C[Si](C)(C)C. The van der Waals surface area contributed by atoms with E-state index in [1.165, 1.54) is 7.11 Å². The number of aliphatic hydroxyl groups is 1. The first-order valence-electron chi connectivity index (χ1n) is 4.63. The van der Waals surface area contributed by atoms with Crippen molar-refractivity contribution in [2.24, 2.45) is 0 Å². The van der Waals surface area contributed by atoms with Crippen LogP contribution in [0.5, 0.6) is 0 Å². The van der Waals surface area contributed by atoms with E-state index in [4.69, 9.17) is 0 Å². The molecule has 0 fully saturated rings. The van der Waals surface area contributed by atoms with Gasteiger partial charge in [-0.3, -0.25) is 4.79 Å². The van der Waals surface area contributed by atoms with Crippen LogP contribution in [0.2, 0.25) is 19.6 Å². The van der Waals surface area contributed by atoms with E-state index >= 15 is 0 Å². The molecule has 3 nitrogen and oxygen atoms in total. The molecule has 0 unspecified atom stereocenters. The Bertz CT molecular complexity index is 244. The van der Waals surface area contributed by atoms with Crippen molar-refractivity contribution in [1.29, 1.82) is 0 Å². The molecular weight excluding hydrogens is 196 g/mol. The first-order valence-corrected chi connectivity index (χ1v) is 8.13. The molecule has 0 radical (unpaired) electrons. The molecule has 0 amide bonds. The van der Waals surface area contributed by atoms with Gasteiger partial charge in [0.1, 0.15) is 14.2 Å². The second-order valence-electron chi connectivity index (χ2n) is 4.15. The Morgan fingerprint density at radius 2 is 2.07 bits per heavy atom. The van der Waals surface area contributed by atoms with Gasteiger partial charge in [0.15, 0.2) is 0 Å². The van der Waals surface area contributed by atoms with Gasteiger partial charge in [-0.2, -0.15) is 0 Å². The maximum Gasteiger partial charge on any atom is 0.305 e. The number of ether oxygens (including phenoxy) is 1. The highest BCUT2D eigenvalue weighted by molar-refractivity contribution is 6.83. The van der Waals surface area contributed by atoms with Crippen molar-refractivity contribution < 1.29 is 14.6 Å². The number of hydrogen-bond donors (Lipinski definition) is 1. The lowest BCUT2D eigenvalue weighted by Gasteiger charge is -2.06. The maximum atomic E-state index is 10.7. The molecule has 0 bridgehead atoms. The average molecular weight is 214 g/mol. The van der Waals surface area contributed by atoms with Crippen LogP contribution >= 0.6 is 0 Å². The summed E-state index contributed by atoms with van der Waals surface area (Å²) >= 11 is 0. The summed E-state index contributed by atoms with van der Waals surface area (Å²) in [5.41, 5.74) is 3.05. The van der Waals surface area contributed by atoms with Gasteiger partial charge in [0.2, 0.25) is 0 Å². The molecule has 0 aliphatic rings. The van der Waals surface area contributed by atoms with Gasteiger partial charge < -0.3 is 9.84 Å². The molecular formula is C10H18O3Si. The van der Waals surface area contributed by atoms with Crippen LogP contribution in [0.25, 0.3) is 0 Å². The van der Waals surface area contributed by atoms with Crippen molar-refractivity contribution in [1.82, 2.24) is 0 Å². The summed E-state index contributed by atoms with van der Waals surface area (Å²) in [5.74, 6) is 2.45. The Balaban J connectivity index is 3.91. The summed E-state index contributed by atoms with van der Waals surface area (Å²) in [6, 6.07) is 0. The Kier molecular flexibility index (Phi) is 5.51. The fraction of sp³-hybridized carbons (Fsp3) is 0.700. The summed E-state index contributed by atoms with van der Waals surface area (Å²) in [6.45, 7) is 6.31. The van der Waals surface area contributed by atoms with Crippen molar-refractivity contribution >= 4 is 14.0 Å². The molecule has 0 aromatic rings. The van der Waals surface area contributed by atoms with Gasteiger partial charge >= 0.3 is 5.97 Å². The van der Waals surface area contributed by atoms with Crippen molar-refractivity contribution in [3.63, 3.8) is 0 Å². The molecule has 1 N–H and O–H groups in total. The zero-order valence-corrected chi connectivity index (χ0v) is 10.3. The van der Waals surface area contributed by atoms with Crippen molar-refractivity contribution in [2.45, 2.75) is 38.6 Å². The summed E-state index contributed by atoms with van der Waals surface area (Å²) in [7, 11) is -0.0860. The Morgan fingerprint density at radius 3 is 2.50 bits per heavy atom. The Morgan fingerprint density at radius 1 is 1.50 bits per heavy atom. The molecule has 14 heavy (non-hydrogen) atoms. The Labute approximate surface area is 86.5 Å². The highest BCUT2D eigenvalue weighted by Gasteiger charge is 2.09. The van der Waals surface area contributed by atoms with E-state index in [0.717, 1.165) is 0 Å². The first-order chi connectivity index (χ1) is 6.35. The Hall–Kier alpha value is -0.793. The molecule has 80 valence electrons. The second kappa shape index (κ2) is 5.84. The summed E-state index contributed by atoms with van der Waals surface area (Å²) in [6.07, 6.45) is -0.136. The van der Waals surface area contributed by atoms with E-state index in [1.54, 1.807) is 0 Å². The maximum absolute atomic E-state index is 10.7. The van der Waals surface area contributed by atoms with E-state index in [0.29, 0.717) is 6.42 Å². The van der Waals surface area contributed by atoms with Crippen molar-refractivity contribution in [3.8, 4) is 11.5 Å². The molecule has 0 saturated heterocycles. The van der Waals surface area contributed by atoms with Crippen molar-refractivity contribution in [3.05, 3.63) is 0 Å². The smallest absolute Gasteiger partial charge is 0.305 e. The largest absolute Gasteiger partial charge is 0.469 e. The number of methoxy groups -OCH3 is 1. The van der Waals surface area contributed by atoms with Crippen LogP contribution in [0.4, 0.5) is 0 Å². The third-order valence-electron chi connectivity index (χ3n) is 1.46. The minimum Gasteiger partial charge on any atom is -0.469 e. The van der Waals surface area contributed by atoms with Gasteiger partial charge in [-0.25, -0.2) is 0 Å². The zero-order chi connectivity index (χ0) is 11.2. The summed E-state index contributed by atoms with van der Waals surface area (Å²) in [5, 5.41) is 9.40. The number of rotatable bonds is 3. The van der Waals surface area contributed by atoms with Gasteiger partial charge in [-0.15, -0.1) is 5.54 Å². The van der Waals surface area contributed by atoms with Gasteiger partial charge in [-0.05, 0) is 6.42 Å². The quantitative estimate of drug-likeness (QED) is 0.436. The molecule has 1 atom stereocenters. The lowest BCUT2D eigenvalue weighted by molar-refractivity contribution is -0.141. The number of carbonyl (C=O) groups is 1. The van der Waals surface area contributed by atoms with Gasteiger partial charge in [-0.1, -0.05) is 25.6 Å². The molecule has 4 heteroatoms. The highest BCUT2D eigenvalue weighted by Crippen LogP contribution is 2.00. The lowest BCUT2D eigenvalue weighted by atomic mass is 10.2. The van der Waals surface area contributed by atoms with Crippen LogP contribution in [-0.4, -0.2) is 32.4 Å². The average Bonchev–Trinajstić information content (AvgIpc) is 2.09. The summed E-state index contributed by atoms with van der Waals surface area (Å²) in [4.78, 5) is 10.7. The number of esters is 1. The second-order valence-corrected chi connectivity index (χ2v) is 8.90. The minimum atomic E-state index is -1.42. The summed E-state index contributed by atoms with van der Waals surface area (Å²) < 4.78 is 4.46. The van der Waals surface area contributed by atoms with Crippen LogP contribution in [0.1, 0.15) is 12.8 Å². The molecule has 0 spiro atoms. The van der Waals surface area contributed by atoms with E-state index in [2.05, 4.69) is 35.8 Å². The third-order valence-corrected chi connectivity index (χ3v) is 2.36. The monoisotopic (exact) mass is 214 g/mol. The molecule has 0 saturated carbocycles. The fourth-order valence-corrected chi connectivity index (χ4v) is 1.33. The third kappa shape index (κ3) is 7.84. The van der Waals surface area contributed by atoms with Crippen LogP contribution in [-0.2, 0) is 9.53 Å². The van der Waals surface area contributed by atoms with Crippen molar-refractivity contribution in [2.75, 3.05) is 7.11 Å². The zero-order valence-electron chi connectivity index (χ0n) is 9.26. The van der Waals surface area contributed by atoms with Crippen LogP contribution < -0.4 is 0 Å². The van der Waals surface area contributed by atoms with Gasteiger partial charge in [0.25, 0.3) is 0 Å². The van der Waals surface area contributed by atoms with E-state index in [9.17, 15) is 9.90 Å². The van der Waals surface area contributed by atoms with Gasteiger partial charge in [0.05, 0.1) is 7.11 Å². The van der Waals surface area contributed by atoms with E-state index in [-0.39, 0.29) is 12.4 Å². The molecule has 0 aliphatic heterocycles. The predicted molar refractivity (Wildman–Crippen MR) is 58.4 cm³/mol. The standard InChI is InChI=1S/C10H18O3Si/c1-13-10(12)6-5-9(11)7-8-14(2,3)4/h9,11H,5-6H2,1-4H3/t9-/m0/s1. The molecule has 0 aromatic heterocycles. The molecule has 0 heterocycles. The molecule has 0 aromatic carbocycles. The fourth-order valence-electron chi connectivity index (χ4n) is 0.729. The number of hydrogen-bond acceptors (Lipinski definition) is 3. The molecule has 0 aliphatic carbocycles. The normalized spacial score (nSPS) is 12.6. The lowest BCUT2D eigenvalue weighted by Crippen LogP contribution is -2.18. The number of aliphatic hydroxyl groups excluding tert-OH is 1. The topological polar surface area (TPSA) is 46.5 Å². The van der Waals surface area contributed by atoms with E-state index < -0.39 is 14.2 Å². The highest BCUT2D eigenvalue weighted by atomic mass is 28.3. The van der Waals surface area contributed by atoms with Crippen LogP contribution in [0, 0.1) is 11.5 Å². The van der Waals surface area contributed by atoms with E-state index in [1.807, 2.05) is 0 Å².